The van der Waals surface area contributed by atoms with Gasteiger partial charge in [-0.05, 0) is 36.4 Å². The van der Waals surface area contributed by atoms with Crippen LogP contribution in [0, 0.1) is 11.3 Å². The Bertz CT molecular complexity index is 581. The highest BCUT2D eigenvalue weighted by atomic mass is 32.1. The molecule has 0 unspecified atom stereocenters. The third-order valence-electron chi connectivity index (χ3n) is 1.99. The van der Waals surface area contributed by atoms with Crippen molar-refractivity contribution < 1.29 is 14.6 Å². The van der Waals surface area contributed by atoms with Crippen LogP contribution in [0.5, 0.6) is 10.8 Å². The second-order valence-corrected chi connectivity index (χ2v) is 4.21. The van der Waals surface area contributed by atoms with Gasteiger partial charge in [-0.3, -0.25) is 0 Å². The molecule has 0 saturated carbocycles. The van der Waals surface area contributed by atoms with Gasteiger partial charge in [0, 0.05) is 0 Å². The maximum absolute atomic E-state index is 10.7. The van der Waals surface area contributed by atoms with Crippen LogP contribution in [0.25, 0.3) is 0 Å². The molecule has 0 aliphatic carbocycles. The summed E-state index contributed by atoms with van der Waals surface area (Å²) in [6.45, 7) is 0. The SMILES string of the molecule is N#Cc1ccc(Oc2ccc(C(=O)O)s2)cc1. The first kappa shape index (κ1) is 11.2. The molecule has 2 rings (SSSR count). The largest absolute Gasteiger partial charge is 0.477 e. The van der Waals surface area contributed by atoms with Crippen LogP contribution >= 0.6 is 11.3 Å². The summed E-state index contributed by atoms with van der Waals surface area (Å²) < 4.78 is 5.45. The average Bonchev–Trinajstić information content (AvgIpc) is 2.79. The minimum absolute atomic E-state index is 0.230. The summed E-state index contributed by atoms with van der Waals surface area (Å²) in [6.07, 6.45) is 0. The molecule has 0 aliphatic rings. The number of ether oxygens (including phenoxy) is 1. The molecule has 1 aromatic carbocycles. The molecule has 0 aliphatic heterocycles. The van der Waals surface area contributed by atoms with Crippen molar-refractivity contribution in [1.29, 1.82) is 5.26 Å². The third-order valence-corrected chi connectivity index (χ3v) is 2.95. The lowest BCUT2D eigenvalue weighted by Gasteiger charge is -2.01. The first-order valence-electron chi connectivity index (χ1n) is 4.70. The Balaban J connectivity index is 2.14. The fourth-order valence-corrected chi connectivity index (χ4v) is 1.92. The molecule has 0 spiro atoms. The van der Waals surface area contributed by atoms with E-state index in [0.29, 0.717) is 16.4 Å². The van der Waals surface area contributed by atoms with E-state index in [4.69, 9.17) is 15.1 Å². The molecule has 1 N–H and O–H groups in total. The molecular formula is C12H7NO3S. The summed E-state index contributed by atoms with van der Waals surface area (Å²) in [5, 5.41) is 17.9. The van der Waals surface area contributed by atoms with Crippen LogP contribution in [0.1, 0.15) is 15.2 Å². The summed E-state index contributed by atoms with van der Waals surface area (Å²) in [4.78, 5) is 10.9. The standard InChI is InChI=1S/C12H7NO3S/c13-7-8-1-3-9(4-2-8)16-11-6-5-10(17-11)12(14)15/h1-6H,(H,14,15). The molecule has 84 valence electrons. The highest BCUT2D eigenvalue weighted by Gasteiger charge is 2.08. The van der Waals surface area contributed by atoms with Gasteiger partial charge in [-0.25, -0.2) is 4.79 Å². The number of aromatic carboxylic acids is 1. The van der Waals surface area contributed by atoms with Crippen molar-refractivity contribution in [1.82, 2.24) is 0 Å². The van der Waals surface area contributed by atoms with Gasteiger partial charge in [0.15, 0.2) is 5.06 Å². The highest BCUT2D eigenvalue weighted by Crippen LogP contribution is 2.29. The summed E-state index contributed by atoms with van der Waals surface area (Å²) in [7, 11) is 0. The number of carbonyl (C=O) groups is 1. The number of benzene rings is 1. The molecular weight excluding hydrogens is 238 g/mol. The van der Waals surface area contributed by atoms with E-state index in [1.54, 1.807) is 30.3 Å². The summed E-state index contributed by atoms with van der Waals surface area (Å²) in [5.74, 6) is -0.396. The number of carboxylic acid groups (broad SMARTS) is 1. The van der Waals surface area contributed by atoms with Crippen molar-refractivity contribution in [3.63, 3.8) is 0 Å². The Morgan fingerprint density at radius 1 is 1.24 bits per heavy atom. The van der Waals surface area contributed by atoms with Crippen LogP contribution in [-0.2, 0) is 0 Å². The first-order chi connectivity index (χ1) is 8.19. The van der Waals surface area contributed by atoms with E-state index in [-0.39, 0.29) is 4.88 Å². The molecule has 5 heteroatoms. The van der Waals surface area contributed by atoms with E-state index in [0.717, 1.165) is 11.3 Å². The first-order valence-corrected chi connectivity index (χ1v) is 5.52. The molecule has 0 fully saturated rings. The topological polar surface area (TPSA) is 70.3 Å². The lowest BCUT2D eigenvalue weighted by atomic mass is 10.2. The fourth-order valence-electron chi connectivity index (χ4n) is 1.20. The van der Waals surface area contributed by atoms with Crippen LogP contribution < -0.4 is 4.74 Å². The van der Waals surface area contributed by atoms with E-state index in [9.17, 15) is 4.79 Å². The molecule has 17 heavy (non-hydrogen) atoms. The zero-order valence-corrected chi connectivity index (χ0v) is 9.40. The van der Waals surface area contributed by atoms with Crippen LogP contribution in [0.2, 0.25) is 0 Å². The molecule has 1 aromatic heterocycles. The monoisotopic (exact) mass is 245 g/mol. The average molecular weight is 245 g/mol. The summed E-state index contributed by atoms with van der Waals surface area (Å²) >= 11 is 1.06. The quantitative estimate of drug-likeness (QED) is 0.901. The van der Waals surface area contributed by atoms with Gasteiger partial charge >= 0.3 is 5.97 Å². The minimum atomic E-state index is -0.968. The summed E-state index contributed by atoms with van der Waals surface area (Å²) in [6, 6.07) is 11.7. The number of thiophene rings is 1. The van der Waals surface area contributed by atoms with E-state index in [2.05, 4.69) is 0 Å². The fraction of sp³-hybridized carbons (Fsp3) is 0. The van der Waals surface area contributed by atoms with Crippen LogP contribution in [0.4, 0.5) is 0 Å². The van der Waals surface area contributed by atoms with Gasteiger partial charge in [0.25, 0.3) is 0 Å². The number of carboxylic acids is 1. The van der Waals surface area contributed by atoms with E-state index >= 15 is 0 Å². The normalized spacial score (nSPS) is 9.59. The van der Waals surface area contributed by atoms with Crippen LogP contribution in [0.15, 0.2) is 36.4 Å². The van der Waals surface area contributed by atoms with Crippen molar-refractivity contribution in [2.75, 3.05) is 0 Å². The van der Waals surface area contributed by atoms with Crippen LogP contribution in [-0.4, -0.2) is 11.1 Å². The van der Waals surface area contributed by atoms with Crippen molar-refractivity contribution >= 4 is 17.3 Å². The minimum Gasteiger partial charge on any atom is -0.477 e. The smallest absolute Gasteiger partial charge is 0.345 e. The maximum Gasteiger partial charge on any atom is 0.345 e. The lowest BCUT2D eigenvalue weighted by molar-refractivity contribution is 0.0702. The number of nitriles is 1. The number of hydrogen-bond acceptors (Lipinski definition) is 4. The highest BCUT2D eigenvalue weighted by molar-refractivity contribution is 7.15. The molecule has 0 saturated heterocycles. The van der Waals surface area contributed by atoms with Gasteiger partial charge in [0.2, 0.25) is 0 Å². The molecule has 0 atom stereocenters. The van der Waals surface area contributed by atoms with Gasteiger partial charge in [-0.15, -0.1) is 0 Å². The predicted octanol–water partition coefficient (Wildman–Crippen LogP) is 3.11. The van der Waals surface area contributed by atoms with E-state index in [1.165, 1.54) is 6.07 Å². The second kappa shape index (κ2) is 4.68. The van der Waals surface area contributed by atoms with Crippen molar-refractivity contribution in [2.45, 2.75) is 0 Å². The molecule has 4 nitrogen and oxygen atoms in total. The molecule has 0 amide bonds. The number of nitrogens with zero attached hydrogens (tertiary/aromatic N) is 1. The number of rotatable bonds is 3. The zero-order valence-electron chi connectivity index (χ0n) is 8.58. The number of hydrogen-bond donors (Lipinski definition) is 1. The van der Waals surface area contributed by atoms with Gasteiger partial charge in [-0.2, -0.15) is 5.26 Å². The van der Waals surface area contributed by atoms with Crippen molar-refractivity contribution in [3.05, 3.63) is 46.8 Å². The van der Waals surface area contributed by atoms with Gasteiger partial charge in [0.1, 0.15) is 10.6 Å². The lowest BCUT2D eigenvalue weighted by Crippen LogP contribution is -1.89. The van der Waals surface area contributed by atoms with Crippen molar-refractivity contribution in [2.24, 2.45) is 0 Å². The molecule has 0 radical (unpaired) electrons. The van der Waals surface area contributed by atoms with Crippen LogP contribution in [0.3, 0.4) is 0 Å². The third kappa shape index (κ3) is 2.62. The van der Waals surface area contributed by atoms with E-state index < -0.39 is 5.97 Å². The Labute approximate surface area is 101 Å². The van der Waals surface area contributed by atoms with Gasteiger partial charge in [-0.1, -0.05) is 11.3 Å². The maximum atomic E-state index is 10.7. The molecule has 2 aromatic rings. The Kier molecular flexibility index (Phi) is 3.08. The zero-order chi connectivity index (χ0) is 12.3. The van der Waals surface area contributed by atoms with E-state index in [1.807, 2.05) is 6.07 Å². The Morgan fingerprint density at radius 3 is 2.47 bits per heavy atom. The second-order valence-electron chi connectivity index (χ2n) is 3.16. The van der Waals surface area contributed by atoms with Crippen molar-refractivity contribution in [3.8, 4) is 16.9 Å². The van der Waals surface area contributed by atoms with Gasteiger partial charge in [0.05, 0.1) is 11.6 Å². The van der Waals surface area contributed by atoms with Gasteiger partial charge < -0.3 is 9.84 Å². The summed E-state index contributed by atoms with van der Waals surface area (Å²) in [5.41, 5.74) is 0.551. The Morgan fingerprint density at radius 2 is 1.94 bits per heavy atom. The predicted molar refractivity (Wildman–Crippen MR) is 62.5 cm³/mol. The Hall–Kier alpha value is -2.32. The molecule has 0 bridgehead atoms. The molecule has 1 heterocycles.